The molecule has 7 heteroatoms. The van der Waals surface area contributed by atoms with Gasteiger partial charge in [0.05, 0.1) is 4.90 Å². The molecule has 2 aromatic heterocycles. The summed E-state index contributed by atoms with van der Waals surface area (Å²) in [4.78, 5) is 8.00. The third-order valence-corrected chi connectivity index (χ3v) is 6.77. The van der Waals surface area contributed by atoms with Crippen LogP contribution in [0.25, 0.3) is 22.2 Å². The number of piperazine rings is 1. The zero-order valence-electron chi connectivity index (χ0n) is 14.7. The van der Waals surface area contributed by atoms with E-state index >= 15 is 0 Å². The number of sulfonamides is 1. The van der Waals surface area contributed by atoms with Crippen LogP contribution in [0.3, 0.4) is 0 Å². The highest BCUT2D eigenvalue weighted by Crippen LogP contribution is 2.27. The first kappa shape index (κ1) is 17.2. The lowest BCUT2D eigenvalue weighted by Gasteiger charge is -2.26. The average molecular weight is 370 g/mol. The second kappa shape index (κ2) is 6.83. The molecule has 6 nitrogen and oxygen atoms in total. The van der Waals surface area contributed by atoms with Crippen LogP contribution < -0.4 is 5.32 Å². The highest BCUT2D eigenvalue weighted by Gasteiger charge is 2.26. The minimum atomic E-state index is -3.47. The molecule has 1 saturated heterocycles. The van der Waals surface area contributed by atoms with E-state index in [1.54, 1.807) is 28.7 Å². The first-order valence-corrected chi connectivity index (χ1v) is 10.3. The molecule has 0 atom stereocenters. The Bertz CT molecular complexity index is 1040. The van der Waals surface area contributed by atoms with Crippen molar-refractivity contribution < 1.29 is 8.42 Å². The highest BCUT2D eigenvalue weighted by molar-refractivity contribution is 7.89. The van der Waals surface area contributed by atoms with Crippen molar-refractivity contribution in [3.05, 3.63) is 48.3 Å². The Morgan fingerprint density at radius 2 is 1.96 bits per heavy atom. The smallest absolute Gasteiger partial charge is 0.243 e. The predicted molar refractivity (Wildman–Crippen MR) is 103 cm³/mol. The largest absolute Gasteiger partial charge is 0.346 e. The van der Waals surface area contributed by atoms with E-state index < -0.39 is 10.0 Å². The molecular formula is C19H22N4O2S. The molecule has 1 fully saturated rings. The van der Waals surface area contributed by atoms with Gasteiger partial charge in [0.2, 0.25) is 10.0 Å². The standard InChI is InChI=1S/C19H22N4O2S/c1-2-14-12-21-19-18(14)11-16(13-22-19)15-4-3-5-17(10-15)26(24,25)23-8-6-20-7-9-23/h3-5,10-13,20H,2,6-9H2,1H3,(H,21,22). The fraction of sp³-hybridized carbons (Fsp3) is 0.316. The van der Waals surface area contributed by atoms with Crippen molar-refractivity contribution in [2.75, 3.05) is 26.2 Å². The van der Waals surface area contributed by atoms with Crippen LogP contribution in [0, 0.1) is 0 Å². The number of nitrogens with zero attached hydrogens (tertiary/aromatic N) is 2. The quantitative estimate of drug-likeness (QED) is 0.739. The molecule has 0 aliphatic carbocycles. The summed E-state index contributed by atoms with van der Waals surface area (Å²) < 4.78 is 27.4. The average Bonchev–Trinajstić information content (AvgIpc) is 3.11. The van der Waals surface area contributed by atoms with Crippen LogP contribution in [-0.2, 0) is 16.4 Å². The lowest BCUT2D eigenvalue weighted by atomic mass is 10.1. The maximum atomic E-state index is 12.9. The monoisotopic (exact) mass is 370 g/mol. The van der Waals surface area contributed by atoms with Gasteiger partial charge in [0.1, 0.15) is 5.65 Å². The second-order valence-electron chi connectivity index (χ2n) is 6.47. The van der Waals surface area contributed by atoms with E-state index in [9.17, 15) is 8.42 Å². The third kappa shape index (κ3) is 3.02. The number of pyridine rings is 1. The minimum Gasteiger partial charge on any atom is -0.346 e. The predicted octanol–water partition coefficient (Wildman–Crippen LogP) is 2.39. The van der Waals surface area contributed by atoms with Gasteiger partial charge in [0, 0.05) is 49.5 Å². The van der Waals surface area contributed by atoms with Crippen LogP contribution in [0.1, 0.15) is 12.5 Å². The zero-order chi connectivity index (χ0) is 18.1. The molecule has 3 heterocycles. The number of hydrogen-bond donors (Lipinski definition) is 2. The molecule has 0 spiro atoms. The molecular weight excluding hydrogens is 348 g/mol. The number of fused-ring (bicyclic) bond motifs is 1. The maximum absolute atomic E-state index is 12.9. The van der Waals surface area contributed by atoms with E-state index in [2.05, 4.69) is 28.3 Å². The van der Waals surface area contributed by atoms with Crippen LogP contribution in [0.15, 0.2) is 47.6 Å². The molecule has 1 aliphatic rings. The van der Waals surface area contributed by atoms with Crippen LogP contribution >= 0.6 is 0 Å². The molecule has 1 aromatic carbocycles. The topological polar surface area (TPSA) is 78.1 Å². The summed E-state index contributed by atoms with van der Waals surface area (Å²) >= 11 is 0. The summed E-state index contributed by atoms with van der Waals surface area (Å²) in [5.41, 5.74) is 3.84. The van der Waals surface area contributed by atoms with E-state index in [0.29, 0.717) is 31.1 Å². The molecule has 3 aromatic rings. The maximum Gasteiger partial charge on any atom is 0.243 e. The number of benzene rings is 1. The number of aryl methyl sites for hydroxylation is 1. The Kier molecular flexibility index (Phi) is 4.52. The van der Waals surface area contributed by atoms with E-state index in [-0.39, 0.29) is 0 Å². The zero-order valence-corrected chi connectivity index (χ0v) is 15.5. The van der Waals surface area contributed by atoms with Gasteiger partial charge in [-0.3, -0.25) is 0 Å². The number of nitrogens with one attached hydrogen (secondary N) is 2. The first-order chi connectivity index (χ1) is 12.6. The van der Waals surface area contributed by atoms with Gasteiger partial charge in [0.25, 0.3) is 0 Å². The number of rotatable bonds is 4. The van der Waals surface area contributed by atoms with Gasteiger partial charge in [-0.25, -0.2) is 13.4 Å². The first-order valence-electron chi connectivity index (χ1n) is 8.87. The molecule has 4 rings (SSSR count). The van der Waals surface area contributed by atoms with Gasteiger partial charge in [-0.2, -0.15) is 4.31 Å². The van der Waals surface area contributed by atoms with Gasteiger partial charge in [-0.05, 0) is 35.7 Å². The van der Waals surface area contributed by atoms with E-state index in [4.69, 9.17) is 0 Å². The van der Waals surface area contributed by atoms with Gasteiger partial charge in [0.15, 0.2) is 0 Å². The number of hydrogen-bond acceptors (Lipinski definition) is 4. The molecule has 0 bridgehead atoms. The molecule has 0 amide bonds. The molecule has 0 saturated carbocycles. The lowest BCUT2D eigenvalue weighted by molar-refractivity contribution is 0.360. The fourth-order valence-electron chi connectivity index (χ4n) is 3.38. The summed E-state index contributed by atoms with van der Waals surface area (Å²) in [6, 6.07) is 9.22. The Balaban J connectivity index is 1.73. The second-order valence-corrected chi connectivity index (χ2v) is 8.41. The van der Waals surface area contributed by atoms with Crippen LogP contribution in [0.2, 0.25) is 0 Å². The van der Waals surface area contributed by atoms with Gasteiger partial charge in [-0.1, -0.05) is 19.1 Å². The molecule has 26 heavy (non-hydrogen) atoms. The molecule has 0 radical (unpaired) electrons. The Labute approximate surface area is 153 Å². The van der Waals surface area contributed by atoms with Crippen molar-refractivity contribution in [3.63, 3.8) is 0 Å². The number of aromatic amines is 1. The van der Waals surface area contributed by atoms with Crippen LogP contribution in [0.5, 0.6) is 0 Å². The molecule has 1 aliphatic heterocycles. The number of H-pyrrole nitrogens is 1. The Morgan fingerprint density at radius 3 is 2.73 bits per heavy atom. The van der Waals surface area contributed by atoms with Crippen molar-refractivity contribution in [1.29, 1.82) is 0 Å². The Hall–Kier alpha value is -2.22. The lowest BCUT2D eigenvalue weighted by Crippen LogP contribution is -2.46. The van der Waals surface area contributed by atoms with Gasteiger partial charge >= 0.3 is 0 Å². The van der Waals surface area contributed by atoms with Crippen molar-refractivity contribution in [2.24, 2.45) is 0 Å². The molecule has 0 unspecified atom stereocenters. The Morgan fingerprint density at radius 1 is 1.15 bits per heavy atom. The van der Waals surface area contributed by atoms with Crippen molar-refractivity contribution in [1.82, 2.24) is 19.6 Å². The van der Waals surface area contributed by atoms with Crippen molar-refractivity contribution >= 4 is 21.1 Å². The summed E-state index contributed by atoms with van der Waals surface area (Å²) in [6.07, 6.45) is 4.68. The van der Waals surface area contributed by atoms with E-state index in [1.807, 2.05) is 12.3 Å². The number of aromatic nitrogens is 2. The van der Waals surface area contributed by atoms with Crippen molar-refractivity contribution in [3.8, 4) is 11.1 Å². The fourth-order valence-corrected chi connectivity index (χ4v) is 4.87. The summed E-state index contributed by atoms with van der Waals surface area (Å²) in [5.74, 6) is 0. The SMILES string of the molecule is CCc1c[nH]c2ncc(-c3cccc(S(=O)(=O)N4CCNCC4)c3)cc12. The van der Waals surface area contributed by atoms with Crippen LogP contribution in [-0.4, -0.2) is 48.9 Å². The van der Waals surface area contributed by atoms with Crippen LogP contribution in [0.4, 0.5) is 0 Å². The molecule has 136 valence electrons. The van der Waals surface area contributed by atoms with Crippen molar-refractivity contribution in [2.45, 2.75) is 18.2 Å². The third-order valence-electron chi connectivity index (χ3n) is 4.88. The van der Waals surface area contributed by atoms with Gasteiger partial charge in [-0.15, -0.1) is 0 Å². The molecule has 2 N–H and O–H groups in total. The highest BCUT2D eigenvalue weighted by atomic mass is 32.2. The normalized spacial score (nSPS) is 16.2. The van der Waals surface area contributed by atoms with E-state index in [0.717, 1.165) is 28.6 Å². The minimum absolute atomic E-state index is 0.335. The summed E-state index contributed by atoms with van der Waals surface area (Å²) in [5, 5.41) is 4.27. The van der Waals surface area contributed by atoms with E-state index in [1.165, 1.54) is 5.56 Å². The van der Waals surface area contributed by atoms with Gasteiger partial charge < -0.3 is 10.3 Å². The summed E-state index contributed by atoms with van der Waals surface area (Å²) in [6.45, 7) is 4.49. The summed E-state index contributed by atoms with van der Waals surface area (Å²) in [7, 11) is -3.47.